The molecule has 4 aromatic rings. The van der Waals surface area contributed by atoms with Crippen LogP contribution in [0.25, 0.3) is 33.1 Å². The van der Waals surface area contributed by atoms with Crippen LogP contribution in [-0.2, 0) is 0 Å². The zero-order chi connectivity index (χ0) is 31.6. The molecule has 0 radical (unpaired) electrons. The van der Waals surface area contributed by atoms with Crippen molar-refractivity contribution in [2.24, 2.45) is 0 Å². The van der Waals surface area contributed by atoms with E-state index >= 15 is 4.39 Å². The van der Waals surface area contributed by atoms with Gasteiger partial charge in [0.25, 0.3) is 6.43 Å². The van der Waals surface area contributed by atoms with Crippen LogP contribution in [0, 0.1) is 24.0 Å². The van der Waals surface area contributed by atoms with E-state index in [0.29, 0.717) is 13.0 Å². The molecular weight excluding hydrogens is 597 g/mol. The number of alkyl halides is 3. The summed E-state index contributed by atoms with van der Waals surface area (Å²) in [5.41, 5.74) is 4.92. The molecule has 1 aromatic carbocycles. The molecule has 9 nitrogen and oxygen atoms in total. The molecule has 6 heterocycles. The third kappa shape index (κ3) is 4.80. The van der Waals surface area contributed by atoms with Crippen LogP contribution in [0.15, 0.2) is 18.2 Å². The van der Waals surface area contributed by atoms with Gasteiger partial charge in [-0.3, -0.25) is 4.90 Å². The van der Waals surface area contributed by atoms with Gasteiger partial charge in [-0.2, -0.15) is 9.97 Å². The van der Waals surface area contributed by atoms with E-state index in [1.807, 2.05) is 4.90 Å². The first kappa shape index (κ1) is 29.2. The molecule has 7 rings (SSSR count). The summed E-state index contributed by atoms with van der Waals surface area (Å²) in [5, 5.41) is 0.0628. The Hall–Kier alpha value is -4.51. The van der Waals surface area contributed by atoms with Crippen LogP contribution in [0.3, 0.4) is 0 Å². The monoisotopic (exact) mass is 625 g/mol. The molecule has 234 valence electrons. The van der Waals surface area contributed by atoms with Gasteiger partial charge >= 0.3 is 6.01 Å². The molecule has 45 heavy (non-hydrogen) atoms. The Morgan fingerprint density at radius 2 is 2.02 bits per heavy atom. The maximum absolute atomic E-state index is 16.8. The minimum atomic E-state index is -2.75. The first-order chi connectivity index (χ1) is 21.6. The van der Waals surface area contributed by atoms with E-state index in [1.54, 1.807) is 6.92 Å². The molecule has 0 unspecified atom stereocenters. The van der Waals surface area contributed by atoms with Crippen LogP contribution in [0.5, 0.6) is 11.9 Å². The number of pyridine rings is 2. The number of hydrogen-bond acceptors (Lipinski definition) is 9. The molecule has 0 saturated carbocycles. The zero-order valence-corrected chi connectivity index (χ0v) is 24.2. The van der Waals surface area contributed by atoms with Crippen LogP contribution in [0.4, 0.5) is 33.6 Å². The number of terminal acetylenes is 1. The molecule has 2 fully saturated rings. The van der Waals surface area contributed by atoms with Crippen LogP contribution in [-0.4, -0.2) is 81.9 Å². The zero-order valence-electron chi connectivity index (χ0n) is 24.2. The molecular formula is C31H28F5N7O2. The van der Waals surface area contributed by atoms with Gasteiger partial charge in [0.2, 0.25) is 5.88 Å². The van der Waals surface area contributed by atoms with E-state index in [4.69, 9.17) is 21.6 Å². The Morgan fingerprint density at radius 1 is 1.20 bits per heavy atom. The van der Waals surface area contributed by atoms with Crippen molar-refractivity contribution in [2.75, 3.05) is 43.5 Å². The standard InChI is InChI=1S/C31H28F5N7O2/c1-3-17-19(33)5-6-20-23(17)18(9-22(37)38-20)26-25(36)27-24-28(43(12-21(34)35)15(2)13-44-29(24)39-26)41-30(40-27)45-14-31-7-4-8-42(31)11-16(32)10-31/h1,5-6,9,15-16,21H,4,7-8,10-14H2,2H3,(H2,37,38)/t15-,16+,31-/m0/s1. The van der Waals surface area contributed by atoms with Crippen molar-refractivity contribution in [1.82, 2.24) is 24.8 Å². The molecule has 0 bridgehead atoms. The van der Waals surface area contributed by atoms with E-state index in [1.165, 1.54) is 17.0 Å². The van der Waals surface area contributed by atoms with Gasteiger partial charge in [0.1, 0.15) is 53.4 Å². The minimum Gasteiger partial charge on any atom is -0.475 e. The van der Waals surface area contributed by atoms with Gasteiger partial charge in [-0.15, -0.1) is 6.42 Å². The maximum atomic E-state index is 16.8. The molecule has 3 atom stereocenters. The number of aromatic nitrogens is 4. The van der Waals surface area contributed by atoms with E-state index in [-0.39, 0.29) is 81.8 Å². The average Bonchev–Trinajstić information content (AvgIpc) is 3.49. The Bertz CT molecular complexity index is 1890. The number of ether oxygens (including phenoxy) is 2. The van der Waals surface area contributed by atoms with Gasteiger partial charge in [-0.05, 0) is 44.5 Å². The largest absolute Gasteiger partial charge is 0.475 e. The number of halogens is 5. The number of nitrogens with zero attached hydrogens (tertiary/aromatic N) is 6. The van der Waals surface area contributed by atoms with Crippen molar-refractivity contribution in [3.05, 3.63) is 35.4 Å². The average molecular weight is 626 g/mol. The van der Waals surface area contributed by atoms with Gasteiger partial charge in [0.05, 0.1) is 29.2 Å². The van der Waals surface area contributed by atoms with Crippen molar-refractivity contribution in [3.63, 3.8) is 0 Å². The van der Waals surface area contributed by atoms with Gasteiger partial charge in [0.15, 0.2) is 5.82 Å². The summed E-state index contributed by atoms with van der Waals surface area (Å²) >= 11 is 0. The second-order valence-corrected chi connectivity index (χ2v) is 11.8. The van der Waals surface area contributed by atoms with Gasteiger partial charge in [-0.1, -0.05) is 5.92 Å². The SMILES string of the molecule is C#Cc1c(F)ccc2nc(N)cc(-c3nc4c5c(nc(OC[C@@]67CCCN6C[C@H](F)C7)nc5c3F)N(CC(F)F)[C@@H](C)CO4)c12. The van der Waals surface area contributed by atoms with Crippen LogP contribution in [0.2, 0.25) is 0 Å². The van der Waals surface area contributed by atoms with Gasteiger partial charge in [-0.25, -0.2) is 31.9 Å². The number of fused-ring (bicyclic) bond motifs is 2. The summed E-state index contributed by atoms with van der Waals surface area (Å²) < 4.78 is 85.7. The van der Waals surface area contributed by atoms with Crippen LogP contribution >= 0.6 is 0 Å². The van der Waals surface area contributed by atoms with E-state index in [0.717, 1.165) is 19.0 Å². The predicted octanol–water partition coefficient (Wildman–Crippen LogP) is 4.89. The smallest absolute Gasteiger partial charge is 0.319 e. The molecule has 0 aliphatic carbocycles. The second kappa shape index (κ2) is 10.8. The van der Waals surface area contributed by atoms with Crippen LogP contribution in [0.1, 0.15) is 31.7 Å². The highest BCUT2D eigenvalue weighted by Crippen LogP contribution is 2.44. The predicted molar refractivity (Wildman–Crippen MR) is 157 cm³/mol. The third-order valence-corrected chi connectivity index (χ3v) is 8.89. The maximum Gasteiger partial charge on any atom is 0.319 e. The van der Waals surface area contributed by atoms with E-state index < -0.39 is 42.4 Å². The molecule has 0 spiro atoms. The van der Waals surface area contributed by atoms with Crippen molar-refractivity contribution in [1.29, 1.82) is 0 Å². The normalized spacial score (nSPS) is 22.9. The summed E-state index contributed by atoms with van der Waals surface area (Å²) in [4.78, 5) is 20.9. The van der Waals surface area contributed by atoms with E-state index in [9.17, 15) is 17.6 Å². The van der Waals surface area contributed by atoms with Crippen molar-refractivity contribution in [3.8, 4) is 35.5 Å². The lowest BCUT2D eigenvalue weighted by Crippen LogP contribution is -2.43. The van der Waals surface area contributed by atoms with Crippen molar-refractivity contribution in [2.45, 2.75) is 50.4 Å². The van der Waals surface area contributed by atoms with Gasteiger partial charge in [0, 0.05) is 23.9 Å². The fourth-order valence-corrected chi connectivity index (χ4v) is 6.87. The summed E-state index contributed by atoms with van der Waals surface area (Å²) in [7, 11) is 0. The van der Waals surface area contributed by atoms with Crippen LogP contribution < -0.4 is 20.1 Å². The fourth-order valence-electron chi connectivity index (χ4n) is 6.87. The molecule has 2 N–H and O–H groups in total. The molecule has 3 aliphatic rings. The molecule has 0 amide bonds. The molecule has 3 aliphatic heterocycles. The molecule has 2 saturated heterocycles. The highest BCUT2D eigenvalue weighted by atomic mass is 19.3. The lowest BCUT2D eigenvalue weighted by Gasteiger charge is -2.31. The number of rotatable bonds is 6. The van der Waals surface area contributed by atoms with Gasteiger partial charge < -0.3 is 20.1 Å². The molecule has 14 heteroatoms. The number of anilines is 2. The van der Waals surface area contributed by atoms with E-state index in [2.05, 4.69) is 25.9 Å². The molecule has 3 aromatic heterocycles. The Kier molecular flexibility index (Phi) is 7.03. The highest BCUT2D eigenvalue weighted by molar-refractivity contribution is 6.03. The lowest BCUT2D eigenvalue weighted by atomic mass is 9.95. The summed E-state index contributed by atoms with van der Waals surface area (Å²) in [6.45, 7) is 1.89. The summed E-state index contributed by atoms with van der Waals surface area (Å²) in [5.74, 6) is 0.412. The van der Waals surface area contributed by atoms with Crippen molar-refractivity contribution < 1.29 is 31.4 Å². The number of hydrogen-bond donors (Lipinski definition) is 1. The highest BCUT2D eigenvalue weighted by Gasteiger charge is 2.49. The number of benzene rings is 1. The lowest BCUT2D eigenvalue weighted by molar-refractivity contribution is 0.107. The second-order valence-electron chi connectivity index (χ2n) is 11.8. The number of nitrogen functional groups attached to an aromatic ring is 1. The summed E-state index contributed by atoms with van der Waals surface area (Å²) in [6, 6.07) is 2.91. The topological polar surface area (TPSA) is 103 Å². The third-order valence-electron chi connectivity index (χ3n) is 8.89. The Morgan fingerprint density at radius 3 is 2.80 bits per heavy atom. The Balaban J connectivity index is 1.45. The number of nitrogens with two attached hydrogens (primary N) is 1. The fraction of sp³-hybridized carbons (Fsp3) is 0.419. The quantitative estimate of drug-likeness (QED) is 0.237. The summed E-state index contributed by atoms with van der Waals surface area (Å²) in [6.07, 6.45) is 3.71. The minimum absolute atomic E-state index is 0.00704. The van der Waals surface area contributed by atoms with Crippen molar-refractivity contribution >= 4 is 33.4 Å². The first-order valence-corrected chi connectivity index (χ1v) is 14.5. The first-order valence-electron chi connectivity index (χ1n) is 14.5. The Labute approximate surface area is 254 Å².